The monoisotopic (exact) mass is 155 g/mol. The molecule has 0 atom stereocenters. The molecule has 11 heavy (non-hydrogen) atoms. The summed E-state index contributed by atoms with van der Waals surface area (Å²) in [6.07, 6.45) is 0. The SMILES string of the molecule is Cn1nc(C(=O)NN)cc1N. The maximum atomic E-state index is 10.8. The lowest BCUT2D eigenvalue weighted by molar-refractivity contribution is 0.0948. The third-order valence-corrected chi connectivity index (χ3v) is 1.28. The van der Waals surface area contributed by atoms with Crippen LogP contribution in [0.25, 0.3) is 0 Å². The minimum Gasteiger partial charge on any atom is -0.384 e. The molecule has 1 amide bonds. The molecule has 0 aliphatic heterocycles. The van der Waals surface area contributed by atoms with Crippen LogP contribution in [0, 0.1) is 0 Å². The number of hydrogen-bond donors (Lipinski definition) is 3. The van der Waals surface area contributed by atoms with E-state index in [9.17, 15) is 4.79 Å². The minimum atomic E-state index is -0.447. The van der Waals surface area contributed by atoms with E-state index in [-0.39, 0.29) is 5.69 Å². The zero-order chi connectivity index (χ0) is 8.43. The molecule has 0 saturated carbocycles. The van der Waals surface area contributed by atoms with Crippen molar-refractivity contribution in [2.75, 3.05) is 5.73 Å². The van der Waals surface area contributed by atoms with E-state index in [1.165, 1.54) is 10.7 Å². The maximum Gasteiger partial charge on any atom is 0.285 e. The summed E-state index contributed by atoms with van der Waals surface area (Å²) in [5.41, 5.74) is 7.58. The quantitative estimate of drug-likeness (QED) is 0.264. The van der Waals surface area contributed by atoms with Crippen LogP contribution in [0.3, 0.4) is 0 Å². The largest absolute Gasteiger partial charge is 0.384 e. The van der Waals surface area contributed by atoms with Gasteiger partial charge < -0.3 is 5.73 Å². The van der Waals surface area contributed by atoms with E-state index < -0.39 is 5.91 Å². The number of nitrogen functional groups attached to an aromatic ring is 2. The first-order chi connectivity index (χ1) is 5.15. The zero-order valence-corrected chi connectivity index (χ0v) is 6.03. The van der Waals surface area contributed by atoms with Gasteiger partial charge in [0.1, 0.15) is 5.82 Å². The lowest BCUT2D eigenvalue weighted by Crippen LogP contribution is -2.30. The molecule has 6 heteroatoms. The van der Waals surface area contributed by atoms with E-state index in [2.05, 4.69) is 5.10 Å². The van der Waals surface area contributed by atoms with Crippen LogP contribution in [0.5, 0.6) is 0 Å². The molecule has 0 spiro atoms. The van der Waals surface area contributed by atoms with E-state index in [1.807, 2.05) is 5.43 Å². The molecular weight excluding hydrogens is 146 g/mol. The van der Waals surface area contributed by atoms with Gasteiger partial charge in [-0.3, -0.25) is 14.9 Å². The van der Waals surface area contributed by atoms with Crippen molar-refractivity contribution in [3.8, 4) is 0 Å². The van der Waals surface area contributed by atoms with Crippen LogP contribution in [0.1, 0.15) is 10.5 Å². The minimum absolute atomic E-state index is 0.215. The molecular formula is C5H9N5O. The fourth-order valence-corrected chi connectivity index (χ4v) is 0.667. The number of anilines is 1. The lowest BCUT2D eigenvalue weighted by atomic mass is 10.4. The van der Waals surface area contributed by atoms with E-state index in [1.54, 1.807) is 7.05 Å². The van der Waals surface area contributed by atoms with Gasteiger partial charge in [0, 0.05) is 13.1 Å². The van der Waals surface area contributed by atoms with Crippen LogP contribution < -0.4 is 17.0 Å². The molecule has 0 unspecified atom stereocenters. The van der Waals surface area contributed by atoms with E-state index in [0.29, 0.717) is 5.82 Å². The summed E-state index contributed by atoms with van der Waals surface area (Å²) in [6, 6.07) is 1.45. The van der Waals surface area contributed by atoms with Crippen molar-refractivity contribution < 1.29 is 4.79 Å². The molecule has 0 aromatic carbocycles. The Bertz CT molecular complexity index is 259. The van der Waals surface area contributed by atoms with Crippen molar-refractivity contribution >= 4 is 11.7 Å². The number of amides is 1. The van der Waals surface area contributed by atoms with E-state index in [0.717, 1.165) is 0 Å². The summed E-state index contributed by atoms with van der Waals surface area (Å²) < 4.78 is 1.39. The summed E-state index contributed by atoms with van der Waals surface area (Å²) in [5.74, 6) is 4.85. The highest BCUT2D eigenvalue weighted by atomic mass is 16.2. The second-order valence-corrected chi connectivity index (χ2v) is 2.05. The van der Waals surface area contributed by atoms with Crippen molar-refractivity contribution in [1.82, 2.24) is 15.2 Å². The average Bonchev–Trinajstić information content (AvgIpc) is 2.31. The van der Waals surface area contributed by atoms with Crippen molar-refractivity contribution in [2.24, 2.45) is 12.9 Å². The first-order valence-electron chi connectivity index (χ1n) is 2.95. The molecule has 5 N–H and O–H groups in total. The van der Waals surface area contributed by atoms with Gasteiger partial charge in [0.05, 0.1) is 0 Å². The number of carbonyl (C=O) groups is 1. The van der Waals surface area contributed by atoms with E-state index in [4.69, 9.17) is 11.6 Å². The Morgan fingerprint density at radius 3 is 2.82 bits per heavy atom. The first-order valence-corrected chi connectivity index (χ1v) is 2.95. The molecule has 1 aromatic heterocycles. The average molecular weight is 155 g/mol. The Labute approximate surface area is 63.1 Å². The fourth-order valence-electron chi connectivity index (χ4n) is 0.667. The number of nitrogens with one attached hydrogen (secondary N) is 1. The second kappa shape index (κ2) is 2.59. The predicted molar refractivity (Wildman–Crippen MR) is 39.3 cm³/mol. The van der Waals surface area contributed by atoms with Gasteiger partial charge in [0.2, 0.25) is 0 Å². The van der Waals surface area contributed by atoms with Gasteiger partial charge >= 0.3 is 0 Å². The number of aromatic nitrogens is 2. The highest BCUT2D eigenvalue weighted by Gasteiger charge is 2.08. The van der Waals surface area contributed by atoms with Gasteiger partial charge in [-0.05, 0) is 0 Å². The molecule has 0 bridgehead atoms. The van der Waals surface area contributed by atoms with Gasteiger partial charge in [-0.25, -0.2) is 5.84 Å². The molecule has 0 saturated heterocycles. The topological polar surface area (TPSA) is 99.0 Å². The Balaban J connectivity index is 2.97. The Kier molecular flexibility index (Phi) is 1.77. The summed E-state index contributed by atoms with van der Waals surface area (Å²) >= 11 is 0. The highest BCUT2D eigenvalue weighted by Crippen LogP contribution is 2.02. The molecule has 1 heterocycles. The number of rotatable bonds is 1. The smallest absolute Gasteiger partial charge is 0.285 e. The van der Waals surface area contributed by atoms with Crippen LogP contribution in [-0.2, 0) is 7.05 Å². The summed E-state index contributed by atoms with van der Waals surface area (Å²) in [4.78, 5) is 10.8. The number of hydrazine groups is 1. The lowest BCUT2D eigenvalue weighted by Gasteiger charge is -1.91. The third kappa shape index (κ3) is 1.30. The predicted octanol–water partition coefficient (Wildman–Crippen LogP) is -1.39. The van der Waals surface area contributed by atoms with Crippen molar-refractivity contribution in [3.05, 3.63) is 11.8 Å². The number of aryl methyl sites for hydroxylation is 1. The van der Waals surface area contributed by atoms with E-state index >= 15 is 0 Å². The Morgan fingerprint density at radius 2 is 2.45 bits per heavy atom. The normalized spacial score (nSPS) is 9.64. The standard InChI is InChI=1S/C5H9N5O/c1-10-4(6)2-3(9-10)5(11)8-7/h2H,6-7H2,1H3,(H,8,11). The Hall–Kier alpha value is -1.56. The first kappa shape index (κ1) is 7.55. The van der Waals surface area contributed by atoms with Gasteiger partial charge in [0.25, 0.3) is 5.91 Å². The summed E-state index contributed by atoms with van der Waals surface area (Å²) in [5, 5.41) is 3.78. The van der Waals surface area contributed by atoms with Crippen LogP contribution in [0.15, 0.2) is 6.07 Å². The fraction of sp³-hybridized carbons (Fsp3) is 0.200. The summed E-state index contributed by atoms with van der Waals surface area (Å²) in [6.45, 7) is 0. The van der Waals surface area contributed by atoms with Crippen LogP contribution in [0.4, 0.5) is 5.82 Å². The number of hydrogen-bond acceptors (Lipinski definition) is 4. The number of carbonyl (C=O) groups excluding carboxylic acids is 1. The summed E-state index contributed by atoms with van der Waals surface area (Å²) in [7, 11) is 1.64. The molecule has 60 valence electrons. The molecule has 1 aromatic rings. The van der Waals surface area contributed by atoms with Gasteiger partial charge in [-0.1, -0.05) is 0 Å². The molecule has 1 rings (SSSR count). The molecule has 6 nitrogen and oxygen atoms in total. The van der Waals surface area contributed by atoms with Crippen molar-refractivity contribution in [1.29, 1.82) is 0 Å². The third-order valence-electron chi connectivity index (χ3n) is 1.28. The number of nitrogens with two attached hydrogens (primary N) is 2. The molecule has 0 aliphatic carbocycles. The van der Waals surface area contributed by atoms with Crippen LogP contribution in [-0.4, -0.2) is 15.7 Å². The van der Waals surface area contributed by atoms with Gasteiger partial charge in [-0.15, -0.1) is 0 Å². The second-order valence-electron chi connectivity index (χ2n) is 2.05. The van der Waals surface area contributed by atoms with Gasteiger partial charge in [-0.2, -0.15) is 5.10 Å². The molecule has 0 aliphatic rings. The maximum absolute atomic E-state index is 10.8. The van der Waals surface area contributed by atoms with Gasteiger partial charge in [0.15, 0.2) is 5.69 Å². The molecule has 0 radical (unpaired) electrons. The van der Waals surface area contributed by atoms with Crippen LogP contribution in [0.2, 0.25) is 0 Å². The highest BCUT2D eigenvalue weighted by molar-refractivity contribution is 5.92. The van der Waals surface area contributed by atoms with Crippen LogP contribution >= 0.6 is 0 Å². The molecule has 0 fully saturated rings. The Morgan fingerprint density at radius 1 is 1.82 bits per heavy atom. The van der Waals surface area contributed by atoms with Crippen molar-refractivity contribution in [3.63, 3.8) is 0 Å². The zero-order valence-electron chi connectivity index (χ0n) is 6.03. The number of nitrogens with zero attached hydrogens (tertiary/aromatic N) is 2. The van der Waals surface area contributed by atoms with Crippen molar-refractivity contribution in [2.45, 2.75) is 0 Å².